The summed E-state index contributed by atoms with van der Waals surface area (Å²) in [4.78, 5) is 11.0. The van der Waals surface area contributed by atoms with E-state index in [0.29, 0.717) is 22.9 Å². The topological polar surface area (TPSA) is 98.6 Å². The predicted octanol–water partition coefficient (Wildman–Crippen LogP) is 1.69. The SMILES string of the molecule is COc1cc(C(=O)O)cc(/C=C(\N)C2CC2)c1N. The molecule has 1 aliphatic rings. The molecule has 0 bridgehead atoms. The molecule has 0 aromatic heterocycles. The van der Waals surface area contributed by atoms with E-state index in [-0.39, 0.29) is 5.56 Å². The molecule has 1 saturated carbocycles. The number of nitrogens with two attached hydrogens (primary N) is 2. The maximum Gasteiger partial charge on any atom is 0.335 e. The summed E-state index contributed by atoms with van der Waals surface area (Å²) in [5.74, 6) is -0.262. The Labute approximate surface area is 105 Å². The number of allylic oxidation sites excluding steroid dienone is 1. The number of carboxylic acid groups (broad SMARTS) is 1. The molecule has 1 aromatic rings. The Kier molecular flexibility index (Phi) is 3.14. The van der Waals surface area contributed by atoms with Gasteiger partial charge >= 0.3 is 5.97 Å². The lowest BCUT2D eigenvalue weighted by atomic mass is 10.1. The first kappa shape index (κ1) is 12.3. The summed E-state index contributed by atoms with van der Waals surface area (Å²) in [5, 5.41) is 9.03. The zero-order valence-electron chi connectivity index (χ0n) is 10.1. The minimum absolute atomic E-state index is 0.135. The van der Waals surface area contributed by atoms with Crippen LogP contribution in [0.2, 0.25) is 0 Å². The smallest absolute Gasteiger partial charge is 0.335 e. The molecule has 0 saturated heterocycles. The van der Waals surface area contributed by atoms with Crippen molar-refractivity contribution < 1.29 is 14.6 Å². The van der Waals surface area contributed by atoms with Crippen LogP contribution in [0.5, 0.6) is 5.75 Å². The van der Waals surface area contributed by atoms with E-state index in [0.717, 1.165) is 18.5 Å². The normalized spacial score (nSPS) is 15.5. The number of carbonyl (C=O) groups is 1. The van der Waals surface area contributed by atoms with E-state index >= 15 is 0 Å². The highest BCUT2D eigenvalue weighted by Gasteiger charge is 2.24. The number of hydrogen-bond donors (Lipinski definition) is 3. The van der Waals surface area contributed by atoms with Crippen LogP contribution in [0.3, 0.4) is 0 Å². The number of benzene rings is 1. The van der Waals surface area contributed by atoms with Crippen molar-refractivity contribution in [2.75, 3.05) is 12.8 Å². The molecule has 0 radical (unpaired) electrons. The Balaban J connectivity index is 2.47. The first-order chi connectivity index (χ1) is 8.52. The lowest BCUT2D eigenvalue weighted by molar-refractivity contribution is 0.0696. The van der Waals surface area contributed by atoms with Gasteiger partial charge in [-0.3, -0.25) is 0 Å². The summed E-state index contributed by atoms with van der Waals surface area (Å²) in [6, 6.07) is 2.91. The molecular weight excluding hydrogens is 232 g/mol. The van der Waals surface area contributed by atoms with Crippen molar-refractivity contribution in [1.29, 1.82) is 0 Å². The number of methoxy groups -OCH3 is 1. The van der Waals surface area contributed by atoms with Crippen molar-refractivity contribution in [3.63, 3.8) is 0 Å². The molecular formula is C13H16N2O3. The van der Waals surface area contributed by atoms with Gasteiger partial charge in [0, 0.05) is 11.3 Å². The standard InChI is InChI=1S/C13H16N2O3/c1-18-11-6-9(13(16)17)4-8(12(11)15)5-10(14)7-2-3-7/h4-7H,2-3,14-15H2,1H3,(H,16,17)/b10-5-. The molecule has 0 unspecified atom stereocenters. The quantitative estimate of drug-likeness (QED) is 0.704. The van der Waals surface area contributed by atoms with E-state index in [1.54, 1.807) is 6.08 Å². The fourth-order valence-electron chi connectivity index (χ4n) is 1.77. The molecule has 0 heterocycles. The van der Waals surface area contributed by atoms with E-state index in [1.807, 2.05) is 0 Å². The molecule has 2 rings (SSSR count). The summed E-state index contributed by atoms with van der Waals surface area (Å²) >= 11 is 0. The number of carboxylic acids is 1. The Bertz CT molecular complexity index is 519. The van der Waals surface area contributed by atoms with Crippen molar-refractivity contribution in [2.45, 2.75) is 12.8 Å². The summed E-state index contributed by atoms with van der Waals surface area (Å²) in [7, 11) is 1.45. The number of hydrogen-bond acceptors (Lipinski definition) is 4. The molecule has 0 atom stereocenters. The lowest BCUT2D eigenvalue weighted by Gasteiger charge is -2.10. The van der Waals surface area contributed by atoms with Crippen LogP contribution in [0.25, 0.3) is 6.08 Å². The molecule has 5 heteroatoms. The third-order valence-corrected chi connectivity index (χ3v) is 3.01. The molecule has 0 aliphatic heterocycles. The highest BCUT2D eigenvalue weighted by molar-refractivity contribution is 5.91. The number of ether oxygens (including phenoxy) is 1. The molecule has 1 aromatic carbocycles. The number of rotatable bonds is 4. The van der Waals surface area contributed by atoms with Crippen molar-refractivity contribution in [3.8, 4) is 5.75 Å². The Morgan fingerprint density at radius 2 is 2.17 bits per heavy atom. The van der Waals surface area contributed by atoms with E-state index in [4.69, 9.17) is 21.3 Å². The van der Waals surface area contributed by atoms with Crippen LogP contribution in [0.15, 0.2) is 17.8 Å². The molecule has 1 aliphatic carbocycles. The van der Waals surface area contributed by atoms with E-state index in [2.05, 4.69) is 0 Å². The van der Waals surface area contributed by atoms with E-state index in [1.165, 1.54) is 19.2 Å². The predicted molar refractivity (Wildman–Crippen MR) is 69.3 cm³/mol. The van der Waals surface area contributed by atoms with Crippen LogP contribution < -0.4 is 16.2 Å². The average Bonchev–Trinajstić information content (AvgIpc) is 3.15. The maximum atomic E-state index is 11.0. The fourth-order valence-corrected chi connectivity index (χ4v) is 1.77. The van der Waals surface area contributed by atoms with Gasteiger partial charge in [-0.2, -0.15) is 0 Å². The number of anilines is 1. The van der Waals surface area contributed by atoms with Crippen LogP contribution in [-0.4, -0.2) is 18.2 Å². The van der Waals surface area contributed by atoms with E-state index in [9.17, 15) is 4.79 Å². The third kappa shape index (κ3) is 2.40. The highest BCUT2D eigenvalue weighted by Crippen LogP contribution is 2.36. The zero-order valence-corrected chi connectivity index (χ0v) is 10.1. The van der Waals surface area contributed by atoms with E-state index < -0.39 is 5.97 Å². The van der Waals surface area contributed by atoms with Gasteiger partial charge in [-0.1, -0.05) is 0 Å². The molecule has 96 valence electrons. The fraction of sp³-hybridized carbons (Fsp3) is 0.308. The molecule has 0 amide bonds. The van der Waals surface area contributed by atoms with Crippen LogP contribution in [-0.2, 0) is 0 Å². The molecule has 1 fully saturated rings. The zero-order chi connectivity index (χ0) is 13.3. The molecule has 0 spiro atoms. The van der Waals surface area contributed by atoms with Gasteiger partial charge in [-0.15, -0.1) is 0 Å². The van der Waals surface area contributed by atoms with Crippen molar-refractivity contribution >= 4 is 17.7 Å². The molecule has 5 N–H and O–H groups in total. The van der Waals surface area contributed by atoms with Crippen LogP contribution >= 0.6 is 0 Å². The summed E-state index contributed by atoms with van der Waals surface area (Å²) < 4.78 is 5.08. The Morgan fingerprint density at radius 1 is 1.50 bits per heavy atom. The summed E-state index contributed by atoms with van der Waals surface area (Å²) in [6.45, 7) is 0. The van der Waals surface area contributed by atoms with Crippen molar-refractivity contribution in [2.24, 2.45) is 11.7 Å². The second kappa shape index (κ2) is 4.60. The highest BCUT2D eigenvalue weighted by atomic mass is 16.5. The monoisotopic (exact) mass is 248 g/mol. The number of aromatic carboxylic acids is 1. The van der Waals surface area contributed by atoms with Crippen molar-refractivity contribution in [3.05, 3.63) is 29.0 Å². The third-order valence-electron chi connectivity index (χ3n) is 3.01. The Morgan fingerprint density at radius 3 is 2.67 bits per heavy atom. The summed E-state index contributed by atoms with van der Waals surface area (Å²) in [6.07, 6.45) is 3.90. The van der Waals surface area contributed by atoms with Gasteiger partial charge < -0.3 is 21.3 Å². The van der Waals surface area contributed by atoms with Crippen LogP contribution in [0.1, 0.15) is 28.8 Å². The first-order valence-corrected chi connectivity index (χ1v) is 5.70. The van der Waals surface area contributed by atoms with Crippen molar-refractivity contribution in [1.82, 2.24) is 0 Å². The second-order valence-electron chi connectivity index (χ2n) is 4.41. The maximum absolute atomic E-state index is 11.0. The summed E-state index contributed by atoms with van der Waals surface area (Å²) in [5.41, 5.74) is 13.7. The molecule has 5 nitrogen and oxygen atoms in total. The largest absolute Gasteiger partial charge is 0.495 e. The first-order valence-electron chi connectivity index (χ1n) is 5.70. The second-order valence-corrected chi connectivity index (χ2v) is 4.41. The van der Waals surface area contributed by atoms with Crippen LogP contribution in [0.4, 0.5) is 5.69 Å². The molecule has 18 heavy (non-hydrogen) atoms. The lowest BCUT2D eigenvalue weighted by Crippen LogP contribution is -2.04. The van der Waals surface area contributed by atoms with Gasteiger partial charge in [0.15, 0.2) is 0 Å². The minimum Gasteiger partial charge on any atom is -0.495 e. The van der Waals surface area contributed by atoms with Gasteiger partial charge in [-0.05, 0) is 37.0 Å². The van der Waals surface area contributed by atoms with Crippen LogP contribution in [0, 0.1) is 5.92 Å². The van der Waals surface area contributed by atoms with Gasteiger partial charge in [0.05, 0.1) is 18.4 Å². The number of nitrogen functional groups attached to an aromatic ring is 1. The van der Waals surface area contributed by atoms with Gasteiger partial charge in [0.1, 0.15) is 5.75 Å². The van der Waals surface area contributed by atoms with Gasteiger partial charge in [-0.25, -0.2) is 4.79 Å². The minimum atomic E-state index is -1.02. The average molecular weight is 248 g/mol. The van der Waals surface area contributed by atoms with Gasteiger partial charge in [0.25, 0.3) is 0 Å². The Hall–Kier alpha value is -2.17. The van der Waals surface area contributed by atoms with Gasteiger partial charge in [0.2, 0.25) is 0 Å².